The highest BCUT2D eigenvalue weighted by Gasteiger charge is 2.37. The predicted octanol–water partition coefficient (Wildman–Crippen LogP) is 6.35. The highest BCUT2D eigenvalue weighted by Crippen LogP contribution is 2.39. The zero-order valence-corrected chi connectivity index (χ0v) is 19.2. The number of carbonyl (C=O) groups is 2. The van der Waals surface area contributed by atoms with Crippen LogP contribution in [-0.2, 0) is 11.0 Å². The van der Waals surface area contributed by atoms with Crippen LogP contribution in [0.1, 0.15) is 45.1 Å². The molecule has 1 aliphatic carbocycles. The number of hydrogen-bond donors (Lipinski definition) is 2. The maximum atomic E-state index is 13.6. The van der Waals surface area contributed by atoms with Crippen molar-refractivity contribution in [1.29, 1.82) is 0 Å². The van der Waals surface area contributed by atoms with E-state index >= 15 is 0 Å². The Morgan fingerprint density at radius 3 is 2.53 bits per heavy atom. The van der Waals surface area contributed by atoms with Crippen LogP contribution in [0.4, 0.5) is 28.8 Å². The number of carboxylic acids is 1. The third-order valence-electron chi connectivity index (χ3n) is 5.23. The lowest BCUT2D eigenvalue weighted by Crippen LogP contribution is -2.39. The molecule has 0 saturated heterocycles. The number of thiazole rings is 1. The molecule has 2 N–H and O–H groups in total. The van der Waals surface area contributed by atoms with Crippen LogP contribution in [0.3, 0.4) is 0 Å². The lowest BCUT2D eigenvalue weighted by molar-refractivity contribution is -0.139. The molecule has 0 bridgehead atoms. The molecule has 0 unspecified atom stereocenters. The fourth-order valence-electron chi connectivity index (χ4n) is 3.51. The number of aliphatic carboxylic acids is 1. The molecule has 174 valence electrons. The number of thioether (sulfide) groups is 1. The highest BCUT2D eigenvalue weighted by atomic mass is 32.2. The number of aromatic nitrogens is 1. The molecular weight excluding hydrogens is 463 g/mol. The Bertz CT molecular complexity index is 972. The van der Waals surface area contributed by atoms with Crippen molar-refractivity contribution in [3.05, 3.63) is 36.0 Å². The lowest BCUT2D eigenvalue weighted by atomic mass is 10.1. The third-order valence-corrected chi connectivity index (χ3v) is 7.43. The number of anilines is 2. The van der Waals surface area contributed by atoms with Crippen molar-refractivity contribution in [2.45, 2.75) is 54.7 Å². The summed E-state index contributed by atoms with van der Waals surface area (Å²) in [5.41, 5.74) is -1.06. The number of amides is 2. The molecule has 0 spiro atoms. The van der Waals surface area contributed by atoms with Crippen LogP contribution in [-0.4, -0.2) is 33.4 Å². The SMILES string of the molecule is CC(C)(Sc1cnc(NC(=O)N(CC2CCCC2)c2ccccc2C(F)(F)F)s1)C(=O)O. The Labute approximate surface area is 192 Å². The van der Waals surface area contributed by atoms with Crippen LogP contribution in [0.25, 0.3) is 0 Å². The van der Waals surface area contributed by atoms with Gasteiger partial charge in [-0.15, -0.1) is 0 Å². The van der Waals surface area contributed by atoms with Crippen LogP contribution in [0.2, 0.25) is 0 Å². The summed E-state index contributed by atoms with van der Waals surface area (Å²) in [6.07, 6.45) is 0.556. The number of nitrogens with one attached hydrogen (secondary N) is 1. The van der Waals surface area contributed by atoms with E-state index in [1.54, 1.807) is 13.8 Å². The van der Waals surface area contributed by atoms with Gasteiger partial charge in [-0.25, -0.2) is 9.78 Å². The molecule has 2 amide bonds. The van der Waals surface area contributed by atoms with E-state index in [0.717, 1.165) is 59.7 Å². The largest absolute Gasteiger partial charge is 0.480 e. The van der Waals surface area contributed by atoms with E-state index in [-0.39, 0.29) is 23.3 Å². The van der Waals surface area contributed by atoms with Crippen LogP contribution < -0.4 is 10.2 Å². The van der Waals surface area contributed by atoms with Crippen molar-refractivity contribution in [2.75, 3.05) is 16.8 Å². The average Bonchev–Trinajstić information content (AvgIpc) is 3.37. The average molecular weight is 488 g/mol. The molecule has 0 radical (unpaired) electrons. The Hall–Kier alpha value is -2.27. The molecule has 0 aliphatic heterocycles. The summed E-state index contributed by atoms with van der Waals surface area (Å²) in [6.45, 7) is 3.28. The third kappa shape index (κ3) is 5.94. The molecule has 11 heteroatoms. The molecule has 2 aromatic rings. The Balaban J connectivity index is 1.84. The van der Waals surface area contributed by atoms with Crippen LogP contribution in [0.15, 0.2) is 34.7 Å². The summed E-state index contributed by atoms with van der Waals surface area (Å²) in [6, 6.07) is 4.35. The first-order chi connectivity index (χ1) is 15.0. The van der Waals surface area contributed by atoms with Gasteiger partial charge in [-0.1, -0.05) is 48.1 Å². The number of para-hydroxylation sites is 1. The van der Waals surface area contributed by atoms with Crippen LogP contribution in [0, 0.1) is 5.92 Å². The molecule has 0 atom stereocenters. The van der Waals surface area contributed by atoms with Gasteiger partial charge < -0.3 is 5.11 Å². The van der Waals surface area contributed by atoms with Crippen molar-refractivity contribution < 1.29 is 27.9 Å². The van der Waals surface area contributed by atoms with E-state index in [4.69, 9.17) is 0 Å². The quantitative estimate of drug-likeness (QED) is 0.445. The Morgan fingerprint density at radius 1 is 1.25 bits per heavy atom. The molecule has 32 heavy (non-hydrogen) atoms. The van der Waals surface area contributed by atoms with E-state index in [9.17, 15) is 27.9 Å². The second-order valence-electron chi connectivity index (χ2n) is 8.11. The van der Waals surface area contributed by atoms with E-state index in [1.807, 2.05) is 0 Å². The molecule has 1 fully saturated rings. The number of halogens is 3. The van der Waals surface area contributed by atoms with Gasteiger partial charge in [-0.3, -0.25) is 15.0 Å². The minimum Gasteiger partial charge on any atom is -0.480 e. The van der Waals surface area contributed by atoms with Crippen LogP contribution in [0.5, 0.6) is 0 Å². The Morgan fingerprint density at radius 2 is 1.91 bits per heavy atom. The highest BCUT2D eigenvalue weighted by molar-refractivity contribution is 8.03. The first kappa shape index (κ1) is 24.4. The number of nitrogens with zero attached hydrogens (tertiary/aromatic N) is 2. The number of rotatable bonds is 7. The van der Waals surface area contributed by atoms with Crippen LogP contribution >= 0.6 is 23.1 Å². The molecule has 1 heterocycles. The maximum Gasteiger partial charge on any atom is 0.418 e. The lowest BCUT2D eigenvalue weighted by Gasteiger charge is -2.28. The summed E-state index contributed by atoms with van der Waals surface area (Å²) >= 11 is 2.16. The smallest absolute Gasteiger partial charge is 0.418 e. The van der Waals surface area contributed by atoms with Gasteiger partial charge in [0.15, 0.2) is 5.13 Å². The standard InChI is InChI=1S/C21H24F3N3O3S2/c1-20(2,17(28)29)32-16-11-25-18(31-16)26-19(30)27(12-13-7-3-4-8-13)15-10-6-5-9-14(15)21(22,23)24/h5-6,9-11,13H,3-4,7-8,12H2,1-2H3,(H,28,29)(H,25,26,30). The van der Waals surface area contributed by atoms with Crippen molar-refractivity contribution in [3.63, 3.8) is 0 Å². The van der Waals surface area contributed by atoms with Gasteiger partial charge in [-0.05, 0) is 44.7 Å². The number of hydrogen-bond acceptors (Lipinski definition) is 5. The molecule has 1 saturated carbocycles. The monoisotopic (exact) mass is 487 g/mol. The fraction of sp³-hybridized carbons (Fsp3) is 0.476. The number of carboxylic acid groups (broad SMARTS) is 1. The van der Waals surface area contributed by atoms with Crippen molar-refractivity contribution in [1.82, 2.24) is 4.98 Å². The number of carbonyl (C=O) groups excluding carboxylic acids is 1. The zero-order valence-electron chi connectivity index (χ0n) is 17.6. The van der Waals surface area contributed by atoms with Gasteiger partial charge in [0.25, 0.3) is 0 Å². The number of benzene rings is 1. The summed E-state index contributed by atoms with van der Waals surface area (Å²) in [4.78, 5) is 29.7. The Kier molecular flexibility index (Phi) is 7.39. The second-order valence-corrected chi connectivity index (χ2v) is 11.1. The molecular formula is C21H24F3N3O3S2. The number of urea groups is 1. The van der Waals surface area contributed by atoms with Gasteiger partial charge in [0, 0.05) is 6.54 Å². The van der Waals surface area contributed by atoms with Crippen molar-refractivity contribution in [3.8, 4) is 0 Å². The summed E-state index contributed by atoms with van der Waals surface area (Å²) in [5, 5.41) is 12.1. The molecule has 1 aromatic heterocycles. The summed E-state index contributed by atoms with van der Waals surface area (Å²) in [5.74, 6) is -0.867. The molecule has 1 aliphatic rings. The normalized spacial score (nSPS) is 15.0. The summed E-state index contributed by atoms with van der Waals surface area (Å²) < 4.78 is 40.3. The minimum atomic E-state index is -4.60. The first-order valence-electron chi connectivity index (χ1n) is 10.1. The van der Waals surface area contributed by atoms with Crippen molar-refractivity contribution in [2.24, 2.45) is 5.92 Å². The molecule has 1 aromatic carbocycles. The zero-order chi connectivity index (χ0) is 23.5. The fourth-order valence-corrected chi connectivity index (χ4v) is 5.77. The van der Waals surface area contributed by atoms with Gasteiger partial charge in [0.1, 0.15) is 4.75 Å². The predicted molar refractivity (Wildman–Crippen MR) is 119 cm³/mol. The van der Waals surface area contributed by atoms with Gasteiger partial charge in [0.05, 0.1) is 21.7 Å². The van der Waals surface area contributed by atoms with Crippen molar-refractivity contribution >= 4 is 45.9 Å². The maximum absolute atomic E-state index is 13.6. The van der Waals surface area contributed by atoms with E-state index in [2.05, 4.69) is 10.3 Å². The topological polar surface area (TPSA) is 82.5 Å². The minimum absolute atomic E-state index is 0.126. The van der Waals surface area contributed by atoms with E-state index in [0.29, 0.717) is 4.21 Å². The van der Waals surface area contributed by atoms with Gasteiger partial charge in [-0.2, -0.15) is 13.2 Å². The number of alkyl halides is 3. The van der Waals surface area contributed by atoms with Gasteiger partial charge in [0.2, 0.25) is 0 Å². The van der Waals surface area contributed by atoms with Gasteiger partial charge >= 0.3 is 18.2 Å². The van der Waals surface area contributed by atoms with E-state index < -0.39 is 28.5 Å². The summed E-state index contributed by atoms with van der Waals surface area (Å²) in [7, 11) is 0. The van der Waals surface area contributed by atoms with E-state index in [1.165, 1.54) is 24.4 Å². The first-order valence-corrected chi connectivity index (χ1v) is 11.7. The second kappa shape index (κ2) is 9.70. The molecule has 3 rings (SSSR count). The molecule has 6 nitrogen and oxygen atoms in total.